The summed E-state index contributed by atoms with van der Waals surface area (Å²) in [5.41, 5.74) is -2.07. The molecule has 0 saturated carbocycles. The molecular formula is C11H18F3NO2. The Morgan fingerprint density at radius 1 is 1.35 bits per heavy atom. The quantitative estimate of drug-likeness (QED) is 0.772. The fourth-order valence-corrected chi connectivity index (χ4v) is 2.09. The summed E-state index contributed by atoms with van der Waals surface area (Å²) >= 11 is 0. The molecule has 1 aliphatic heterocycles. The molecule has 0 radical (unpaired) electrons. The standard InChI is InChI=1S/C11H18F3NO2/c1-3-4-9(16)15-7-5-10(17-2,6-8-15)11(12,13)14/h3-8H2,1-2H3. The molecule has 0 N–H and O–H groups in total. The van der Waals surface area contributed by atoms with Crippen molar-refractivity contribution in [2.24, 2.45) is 0 Å². The number of carbonyl (C=O) groups excluding carboxylic acids is 1. The largest absolute Gasteiger partial charge is 0.417 e. The number of nitrogens with zero attached hydrogens (tertiary/aromatic N) is 1. The normalized spacial score (nSPS) is 20.4. The molecule has 6 heteroatoms. The van der Waals surface area contributed by atoms with E-state index in [2.05, 4.69) is 4.74 Å². The minimum Gasteiger partial charge on any atom is -0.369 e. The fraction of sp³-hybridized carbons (Fsp3) is 0.909. The van der Waals surface area contributed by atoms with Gasteiger partial charge < -0.3 is 9.64 Å². The van der Waals surface area contributed by atoms with Gasteiger partial charge in [0.05, 0.1) is 0 Å². The molecule has 1 aliphatic rings. The molecule has 1 heterocycles. The predicted molar refractivity (Wildman–Crippen MR) is 56.5 cm³/mol. The number of amides is 1. The van der Waals surface area contributed by atoms with Gasteiger partial charge >= 0.3 is 6.18 Å². The number of alkyl halides is 3. The highest BCUT2D eigenvalue weighted by Gasteiger charge is 2.56. The Bertz CT molecular complexity index is 270. The maximum absolute atomic E-state index is 12.8. The minimum absolute atomic E-state index is 0.0700. The van der Waals surface area contributed by atoms with Crippen LogP contribution in [0.25, 0.3) is 0 Å². The summed E-state index contributed by atoms with van der Waals surface area (Å²) in [5.74, 6) is -0.0700. The van der Waals surface area contributed by atoms with E-state index < -0.39 is 11.8 Å². The van der Waals surface area contributed by atoms with E-state index in [0.29, 0.717) is 12.8 Å². The van der Waals surface area contributed by atoms with Crippen molar-refractivity contribution in [1.29, 1.82) is 0 Å². The molecule has 0 aromatic carbocycles. The van der Waals surface area contributed by atoms with Gasteiger partial charge in [-0.3, -0.25) is 4.79 Å². The predicted octanol–water partition coefficient (Wildman–Crippen LogP) is 2.36. The highest BCUT2D eigenvalue weighted by atomic mass is 19.4. The van der Waals surface area contributed by atoms with Crippen molar-refractivity contribution in [3.63, 3.8) is 0 Å². The van der Waals surface area contributed by atoms with E-state index in [0.717, 1.165) is 7.11 Å². The Morgan fingerprint density at radius 3 is 2.24 bits per heavy atom. The molecule has 0 aromatic heterocycles. The number of hydrogen-bond acceptors (Lipinski definition) is 2. The number of ether oxygens (including phenoxy) is 1. The number of likely N-dealkylation sites (tertiary alicyclic amines) is 1. The Labute approximate surface area is 98.9 Å². The van der Waals surface area contributed by atoms with Gasteiger partial charge in [-0.2, -0.15) is 13.2 Å². The molecule has 0 bridgehead atoms. The van der Waals surface area contributed by atoms with E-state index in [9.17, 15) is 18.0 Å². The fourth-order valence-electron chi connectivity index (χ4n) is 2.09. The van der Waals surface area contributed by atoms with E-state index in [-0.39, 0.29) is 31.8 Å². The van der Waals surface area contributed by atoms with Crippen LogP contribution in [0.4, 0.5) is 13.2 Å². The second-order valence-electron chi connectivity index (χ2n) is 4.33. The average molecular weight is 253 g/mol. The third-order valence-electron chi connectivity index (χ3n) is 3.30. The van der Waals surface area contributed by atoms with Crippen molar-refractivity contribution >= 4 is 5.91 Å². The first kappa shape index (κ1) is 14.3. The summed E-state index contributed by atoms with van der Waals surface area (Å²) in [5, 5.41) is 0. The van der Waals surface area contributed by atoms with Gasteiger partial charge in [-0.15, -0.1) is 0 Å². The van der Waals surface area contributed by atoms with Gasteiger partial charge in [-0.05, 0) is 6.42 Å². The first-order chi connectivity index (χ1) is 7.86. The van der Waals surface area contributed by atoms with Crippen molar-refractivity contribution < 1.29 is 22.7 Å². The number of halogens is 3. The summed E-state index contributed by atoms with van der Waals surface area (Å²) in [7, 11) is 1.08. The van der Waals surface area contributed by atoms with Crippen LogP contribution >= 0.6 is 0 Å². The molecule has 0 unspecified atom stereocenters. The number of piperidine rings is 1. The van der Waals surface area contributed by atoms with Gasteiger partial charge in [0.2, 0.25) is 5.91 Å². The topological polar surface area (TPSA) is 29.5 Å². The third kappa shape index (κ3) is 2.91. The second-order valence-corrected chi connectivity index (χ2v) is 4.33. The maximum atomic E-state index is 12.8. The molecule has 1 rings (SSSR count). The average Bonchev–Trinajstić information content (AvgIpc) is 2.28. The van der Waals surface area contributed by atoms with Crippen molar-refractivity contribution in [3.05, 3.63) is 0 Å². The van der Waals surface area contributed by atoms with Crippen LogP contribution in [0.5, 0.6) is 0 Å². The molecule has 3 nitrogen and oxygen atoms in total. The lowest BCUT2D eigenvalue weighted by atomic mass is 9.90. The number of methoxy groups -OCH3 is 1. The van der Waals surface area contributed by atoms with Crippen molar-refractivity contribution in [2.45, 2.75) is 44.4 Å². The smallest absolute Gasteiger partial charge is 0.369 e. The highest BCUT2D eigenvalue weighted by molar-refractivity contribution is 5.76. The van der Waals surface area contributed by atoms with E-state index >= 15 is 0 Å². The molecule has 17 heavy (non-hydrogen) atoms. The highest BCUT2D eigenvalue weighted by Crippen LogP contribution is 2.41. The molecule has 0 aromatic rings. The third-order valence-corrected chi connectivity index (χ3v) is 3.30. The van der Waals surface area contributed by atoms with Crippen LogP contribution in [0, 0.1) is 0 Å². The van der Waals surface area contributed by atoms with E-state index in [4.69, 9.17) is 0 Å². The van der Waals surface area contributed by atoms with Gasteiger partial charge in [0.15, 0.2) is 5.60 Å². The molecule has 100 valence electrons. The maximum Gasteiger partial charge on any atom is 0.417 e. The van der Waals surface area contributed by atoms with Crippen molar-refractivity contribution in [3.8, 4) is 0 Å². The summed E-state index contributed by atoms with van der Waals surface area (Å²) in [6, 6.07) is 0. The second kappa shape index (κ2) is 5.25. The molecule has 1 fully saturated rings. The number of carbonyl (C=O) groups is 1. The van der Waals surface area contributed by atoms with Crippen molar-refractivity contribution in [1.82, 2.24) is 4.90 Å². The zero-order valence-electron chi connectivity index (χ0n) is 10.1. The van der Waals surface area contributed by atoms with Crippen molar-refractivity contribution in [2.75, 3.05) is 20.2 Å². The lowest BCUT2D eigenvalue weighted by Gasteiger charge is -2.41. The summed E-state index contributed by atoms with van der Waals surface area (Å²) in [6.07, 6.45) is -3.62. The Balaban J connectivity index is 2.63. The Morgan fingerprint density at radius 2 is 1.88 bits per heavy atom. The van der Waals surface area contributed by atoms with Crippen LogP contribution in [0.15, 0.2) is 0 Å². The lowest BCUT2D eigenvalue weighted by molar-refractivity contribution is -0.281. The first-order valence-electron chi connectivity index (χ1n) is 5.76. The lowest BCUT2D eigenvalue weighted by Crippen LogP contribution is -2.55. The van der Waals surface area contributed by atoms with Gasteiger partial charge in [0.1, 0.15) is 0 Å². The molecule has 1 saturated heterocycles. The van der Waals surface area contributed by atoms with Crippen LogP contribution < -0.4 is 0 Å². The zero-order chi connectivity index (χ0) is 13.1. The number of rotatable bonds is 3. The molecule has 1 amide bonds. The molecular weight excluding hydrogens is 235 g/mol. The van der Waals surface area contributed by atoms with E-state index in [1.54, 1.807) is 0 Å². The van der Waals surface area contributed by atoms with Gasteiger partial charge in [0, 0.05) is 39.5 Å². The number of hydrogen-bond donors (Lipinski definition) is 0. The SMILES string of the molecule is CCCC(=O)N1CCC(OC)(C(F)(F)F)CC1. The summed E-state index contributed by atoms with van der Waals surface area (Å²) in [6.45, 7) is 2.11. The van der Waals surface area contributed by atoms with Crippen LogP contribution in [-0.2, 0) is 9.53 Å². The molecule has 0 spiro atoms. The first-order valence-corrected chi connectivity index (χ1v) is 5.76. The van der Waals surface area contributed by atoms with Gasteiger partial charge in [-0.1, -0.05) is 6.92 Å². The monoisotopic (exact) mass is 253 g/mol. The van der Waals surface area contributed by atoms with E-state index in [1.807, 2.05) is 6.92 Å². The summed E-state index contributed by atoms with van der Waals surface area (Å²) < 4.78 is 43.2. The van der Waals surface area contributed by atoms with Crippen LogP contribution in [0.2, 0.25) is 0 Å². The van der Waals surface area contributed by atoms with E-state index in [1.165, 1.54) is 4.90 Å². The van der Waals surface area contributed by atoms with Gasteiger partial charge in [0.25, 0.3) is 0 Å². The Hall–Kier alpha value is -0.780. The Kier molecular flexibility index (Phi) is 4.41. The van der Waals surface area contributed by atoms with Crippen LogP contribution in [0.1, 0.15) is 32.6 Å². The zero-order valence-corrected chi connectivity index (χ0v) is 10.1. The summed E-state index contributed by atoms with van der Waals surface area (Å²) in [4.78, 5) is 13.0. The molecule has 0 aliphatic carbocycles. The minimum atomic E-state index is -4.37. The van der Waals surface area contributed by atoms with Crippen LogP contribution in [0.3, 0.4) is 0 Å². The van der Waals surface area contributed by atoms with Gasteiger partial charge in [-0.25, -0.2) is 0 Å². The van der Waals surface area contributed by atoms with Crippen LogP contribution in [-0.4, -0.2) is 42.8 Å². The molecule has 0 atom stereocenters.